The molecule has 7 heteroatoms. The zero-order chi connectivity index (χ0) is 11.5. The number of sulfonamides is 1. The van der Waals surface area contributed by atoms with Crippen molar-refractivity contribution in [3.05, 3.63) is 0 Å². The van der Waals surface area contributed by atoms with Crippen molar-refractivity contribution >= 4 is 21.1 Å². The Morgan fingerprint density at radius 3 is 2.33 bits per heavy atom. The first-order valence-corrected chi connectivity index (χ1v) is 8.14. The maximum absolute atomic E-state index is 11.2. The third kappa shape index (κ3) is 4.58. The Morgan fingerprint density at radius 2 is 1.93 bits per heavy atom. The van der Waals surface area contributed by atoms with Gasteiger partial charge >= 0.3 is 0 Å². The normalized spacial score (nSPS) is 22.8. The maximum Gasteiger partial charge on any atom is 0.211 e. The summed E-state index contributed by atoms with van der Waals surface area (Å²) in [5.41, 5.74) is 0. The molecule has 1 rings (SSSR count). The minimum atomic E-state index is -3.05. The molecule has 0 amide bonds. The van der Waals surface area contributed by atoms with Gasteiger partial charge in [0.05, 0.1) is 12.9 Å². The minimum Gasteiger partial charge on any atom is -0.290 e. The van der Waals surface area contributed by atoms with Gasteiger partial charge in [-0.2, -0.15) is 0 Å². The topological polar surface area (TPSA) is 63.7 Å². The van der Waals surface area contributed by atoms with E-state index in [-0.39, 0.29) is 0 Å². The standard InChI is InChI=1S/C8H17NO4S2/c1-14(10)13-7-8-3-5-9(6-4-8)15(2,11)12/h8H,3-7H2,1-2H3. The van der Waals surface area contributed by atoms with Crippen molar-refractivity contribution in [3.63, 3.8) is 0 Å². The Morgan fingerprint density at radius 1 is 1.40 bits per heavy atom. The molecule has 1 saturated heterocycles. The second-order valence-electron chi connectivity index (χ2n) is 3.79. The molecule has 0 spiro atoms. The molecule has 0 aromatic carbocycles. The summed E-state index contributed by atoms with van der Waals surface area (Å²) in [6.07, 6.45) is 4.28. The van der Waals surface area contributed by atoms with Crippen molar-refractivity contribution in [2.75, 3.05) is 32.2 Å². The molecule has 0 aliphatic carbocycles. The quantitative estimate of drug-likeness (QED) is 0.707. The Kier molecular flexibility index (Phi) is 4.69. The van der Waals surface area contributed by atoms with Crippen LogP contribution in [0.15, 0.2) is 0 Å². The van der Waals surface area contributed by atoms with Crippen molar-refractivity contribution in [1.82, 2.24) is 4.31 Å². The summed E-state index contributed by atoms with van der Waals surface area (Å²) in [6, 6.07) is 0. The summed E-state index contributed by atoms with van der Waals surface area (Å²) >= 11 is -1.22. The van der Waals surface area contributed by atoms with Crippen molar-refractivity contribution in [2.45, 2.75) is 12.8 Å². The molecular weight excluding hydrogens is 238 g/mol. The van der Waals surface area contributed by atoms with Crippen LogP contribution < -0.4 is 0 Å². The molecule has 1 fully saturated rings. The molecule has 0 saturated carbocycles. The summed E-state index contributed by atoms with van der Waals surface area (Å²) in [7, 11) is -3.05. The predicted octanol–water partition coefficient (Wildman–Crippen LogP) is -0.0319. The first-order chi connectivity index (χ1) is 6.89. The second-order valence-corrected chi connectivity index (χ2v) is 6.81. The molecule has 1 atom stereocenters. The Bertz CT molecular complexity index is 320. The van der Waals surface area contributed by atoms with Gasteiger partial charge < -0.3 is 0 Å². The number of rotatable bonds is 4. The lowest BCUT2D eigenvalue weighted by molar-refractivity contribution is 0.198. The van der Waals surface area contributed by atoms with Crippen LogP contribution in [0.5, 0.6) is 0 Å². The van der Waals surface area contributed by atoms with Gasteiger partial charge in [0.1, 0.15) is 0 Å². The van der Waals surface area contributed by atoms with Gasteiger partial charge in [-0.1, -0.05) is 0 Å². The maximum atomic E-state index is 11.2. The van der Waals surface area contributed by atoms with Gasteiger partial charge in [-0.3, -0.25) is 4.18 Å². The number of hydrogen-bond donors (Lipinski definition) is 0. The SMILES string of the molecule is CS(=O)OCC1CCN(S(C)(=O)=O)CC1. The molecule has 90 valence electrons. The van der Waals surface area contributed by atoms with E-state index in [1.165, 1.54) is 16.8 Å². The molecule has 1 unspecified atom stereocenters. The van der Waals surface area contributed by atoms with Crippen LogP contribution in [-0.2, 0) is 25.3 Å². The fraction of sp³-hybridized carbons (Fsp3) is 1.00. The van der Waals surface area contributed by atoms with Crippen LogP contribution in [0.1, 0.15) is 12.8 Å². The van der Waals surface area contributed by atoms with Crippen molar-refractivity contribution < 1.29 is 16.8 Å². The molecule has 1 aliphatic heterocycles. The lowest BCUT2D eigenvalue weighted by atomic mass is 10.00. The fourth-order valence-corrected chi connectivity index (χ4v) is 2.86. The van der Waals surface area contributed by atoms with Gasteiger partial charge in [-0.05, 0) is 18.8 Å². The molecular formula is C8H17NO4S2. The minimum absolute atomic E-state index is 0.326. The molecule has 0 bridgehead atoms. The first kappa shape index (κ1) is 13.1. The molecule has 1 heterocycles. The van der Waals surface area contributed by atoms with E-state index >= 15 is 0 Å². The highest BCUT2D eigenvalue weighted by atomic mass is 32.2. The average Bonchev–Trinajstić information content (AvgIpc) is 2.14. The third-order valence-electron chi connectivity index (χ3n) is 2.51. The Hall–Kier alpha value is 0.0200. The molecule has 0 aromatic rings. The van der Waals surface area contributed by atoms with E-state index in [0.29, 0.717) is 25.6 Å². The summed E-state index contributed by atoms with van der Waals surface area (Å²) in [4.78, 5) is 0. The van der Waals surface area contributed by atoms with Crippen LogP contribution in [0, 0.1) is 5.92 Å². The number of hydrogen-bond acceptors (Lipinski definition) is 4. The van der Waals surface area contributed by atoms with Crippen LogP contribution in [-0.4, -0.2) is 49.1 Å². The van der Waals surface area contributed by atoms with Crippen molar-refractivity contribution in [1.29, 1.82) is 0 Å². The predicted molar refractivity (Wildman–Crippen MR) is 59.2 cm³/mol. The fourth-order valence-electron chi connectivity index (χ4n) is 1.60. The van der Waals surface area contributed by atoms with E-state index in [0.717, 1.165) is 12.8 Å². The van der Waals surface area contributed by atoms with Gasteiger partial charge in [0.25, 0.3) is 0 Å². The lowest BCUT2D eigenvalue weighted by Gasteiger charge is -2.29. The monoisotopic (exact) mass is 255 g/mol. The molecule has 1 aliphatic rings. The Balaban J connectivity index is 2.33. The van der Waals surface area contributed by atoms with Crippen LogP contribution in [0.25, 0.3) is 0 Å². The average molecular weight is 255 g/mol. The van der Waals surface area contributed by atoms with E-state index in [9.17, 15) is 12.6 Å². The highest BCUT2D eigenvalue weighted by molar-refractivity contribution is 7.88. The van der Waals surface area contributed by atoms with Gasteiger partial charge in [0, 0.05) is 19.3 Å². The van der Waals surface area contributed by atoms with E-state index in [1.54, 1.807) is 0 Å². The summed E-state index contributed by atoms with van der Waals surface area (Å²) in [5.74, 6) is 0.326. The van der Waals surface area contributed by atoms with Crippen molar-refractivity contribution in [3.8, 4) is 0 Å². The molecule has 0 N–H and O–H groups in total. The number of piperidine rings is 1. The van der Waals surface area contributed by atoms with E-state index < -0.39 is 21.1 Å². The zero-order valence-corrected chi connectivity index (χ0v) is 10.6. The van der Waals surface area contributed by atoms with Crippen LogP contribution in [0.4, 0.5) is 0 Å². The van der Waals surface area contributed by atoms with Crippen molar-refractivity contribution in [2.24, 2.45) is 5.92 Å². The van der Waals surface area contributed by atoms with Gasteiger partial charge in [0.2, 0.25) is 10.0 Å². The highest BCUT2D eigenvalue weighted by Gasteiger charge is 2.24. The van der Waals surface area contributed by atoms with E-state index in [1.807, 2.05) is 0 Å². The van der Waals surface area contributed by atoms with Gasteiger partial charge in [-0.15, -0.1) is 0 Å². The lowest BCUT2D eigenvalue weighted by Crippen LogP contribution is -2.38. The molecule has 15 heavy (non-hydrogen) atoms. The Labute approximate surface area is 93.5 Å². The van der Waals surface area contributed by atoms with E-state index in [4.69, 9.17) is 4.18 Å². The third-order valence-corrected chi connectivity index (χ3v) is 4.28. The smallest absolute Gasteiger partial charge is 0.211 e. The second kappa shape index (κ2) is 5.38. The molecule has 0 radical (unpaired) electrons. The largest absolute Gasteiger partial charge is 0.290 e. The summed E-state index contributed by atoms with van der Waals surface area (Å²) in [5, 5.41) is 0. The van der Waals surface area contributed by atoms with Crippen LogP contribution in [0.2, 0.25) is 0 Å². The van der Waals surface area contributed by atoms with E-state index in [2.05, 4.69) is 0 Å². The highest BCUT2D eigenvalue weighted by Crippen LogP contribution is 2.19. The molecule has 5 nitrogen and oxygen atoms in total. The molecule has 0 aromatic heterocycles. The summed E-state index contributed by atoms with van der Waals surface area (Å²) < 4.78 is 39.6. The van der Waals surface area contributed by atoms with Crippen LogP contribution >= 0.6 is 0 Å². The van der Waals surface area contributed by atoms with Gasteiger partial charge in [0.15, 0.2) is 11.1 Å². The van der Waals surface area contributed by atoms with Crippen LogP contribution in [0.3, 0.4) is 0 Å². The first-order valence-electron chi connectivity index (χ1n) is 4.81. The zero-order valence-electron chi connectivity index (χ0n) is 9.01. The summed E-state index contributed by atoms with van der Waals surface area (Å²) in [6.45, 7) is 1.55. The van der Waals surface area contributed by atoms with Gasteiger partial charge in [-0.25, -0.2) is 16.9 Å². The number of nitrogens with zero attached hydrogens (tertiary/aromatic N) is 1.